The van der Waals surface area contributed by atoms with Crippen molar-refractivity contribution in [1.29, 1.82) is 5.26 Å². The van der Waals surface area contributed by atoms with E-state index in [0.717, 1.165) is 11.1 Å². The van der Waals surface area contributed by atoms with Gasteiger partial charge in [0.2, 0.25) is 0 Å². The van der Waals surface area contributed by atoms with Gasteiger partial charge in [0.1, 0.15) is 6.07 Å². The van der Waals surface area contributed by atoms with E-state index >= 15 is 0 Å². The number of nitrogens with zero attached hydrogens (tertiary/aromatic N) is 1. The lowest BCUT2D eigenvalue weighted by atomic mass is 10.0. The Morgan fingerprint density at radius 2 is 1.90 bits per heavy atom. The van der Waals surface area contributed by atoms with Crippen LogP contribution in [0.15, 0.2) is 42.5 Å². The number of ether oxygens (including phenoxy) is 3. The Balaban J connectivity index is 1.86. The molecule has 0 radical (unpaired) electrons. The van der Waals surface area contributed by atoms with Gasteiger partial charge in [-0.3, -0.25) is 4.79 Å². The lowest BCUT2D eigenvalue weighted by Crippen LogP contribution is -2.31. The van der Waals surface area contributed by atoms with E-state index in [1.54, 1.807) is 18.2 Å². The highest BCUT2D eigenvalue weighted by molar-refractivity contribution is 5.89. The summed E-state index contributed by atoms with van der Waals surface area (Å²) in [6.45, 7) is 5.46. The van der Waals surface area contributed by atoms with E-state index in [2.05, 4.69) is 5.32 Å². The average molecular weight is 422 g/mol. The fourth-order valence-corrected chi connectivity index (χ4v) is 2.77. The molecular weight excluding hydrogens is 396 g/mol. The molecule has 1 N–H and O–H groups in total. The highest BCUT2D eigenvalue weighted by Gasteiger charge is 2.12. The van der Waals surface area contributed by atoms with Gasteiger partial charge in [-0.25, -0.2) is 4.79 Å². The number of amides is 1. The van der Waals surface area contributed by atoms with Crippen LogP contribution in [0.4, 0.5) is 0 Å². The minimum atomic E-state index is -0.641. The summed E-state index contributed by atoms with van der Waals surface area (Å²) in [5.41, 5.74) is 3.99. The Labute approximate surface area is 182 Å². The molecule has 1 atom stereocenters. The van der Waals surface area contributed by atoms with E-state index in [1.807, 2.05) is 45.0 Å². The third kappa shape index (κ3) is 7.19. The Morgan fingerprint density at radius 3 is 2.58 bits per heavy atom. The standard InChI is InChI=1S/C24H26N2O5/c1-16-5-8-20(13-17(16)2)18(3)26-23(27)15-31-24(28)10-7-19-6-9-21(30-12-11-25)22(14-19)29-4/h5-10,13-14,18H,12,15H2,1-4H3,(H,26,27)/b10-7+/t18-/m0/s1. The molecule has 0 unspecified atom stereocenters. The number of methoxy groups -OCH3 is 1. The smallest absolute Gasteiger partial charge is 0.331 e. The van der Waals surface area contributed by atoms with Crippen molar-refractivity contribution in [2.45, 2.75) is 26.8 Å². The Morgan fingerprint density at radius 1 is 1.13 bits per heavy atom. The molecule has 0 aliphatic heterocycles. The molecular formula is C24H26N2O5. The number of benzene rings is 2. The lowest BCUT2D eigenvalue weighted by Gasteiger charge is -2.15. The normalized spacial score (nSPS) is 11.5. The maximum Gasteiger partial charge on any atom is 0.331 e. The summed E-state index contributed by atoms with van der Waals surface area (Å²) in [6, 6.07) is 12.7. The van der Waals surface area contributed by atoms with E-state index in [0.29, 0.717) is 17.1 Å². The first kappa shape index (κ1) is 23.5. The van der Waals surface area contributed by atoms with E-state index in [4.69, 9.17) is 19.5 Å². The fraction of sp³-hybridized carbons (Fsp3) is 0.292. The van der Waals surface area contributed by atoms with Crippen LogP contribution >= 0.6 is 0 Å². The van der Waals surface area contributed by atoms with Crippen molar-refractivity contribution in [2.75, 3.05) is 20.3 Å². The van der Waals surface area contributed by atoms with E-state index in [9.17, 15) is 9.59 Å². The zero-order chi connectivity index (χ0) is 22.8. The minimum Gasteiger partial charge on any atom is -0.493 e. The molecule has 0 fully saturated rings. The summed E-state index contributed by atoms with van der Waals surface area (Å²) in [7, 11) is 1.48. The topological polar surface area (TPSA) is 97.7 Å². The molecule has 1 amide bonds. The molecule has 0 aromatic heterocycles. The highest BCUT2D eigenvalue weighted by atomic mass is 16.5. The number of nitriles is 1. The fourth-order valence-electron chi connectivity index (χ4n) is 2.77. The van der Waals surface area contributed by atoms with Gasteiger partial charge in [-0.1, -0.05) is 24.3 Å². The van der Waals surface area contributed by atoms with Crippen LogP contribution < -0.4 is 14.8 Å². The van der Waals surface area contributed by atoms with Gasteiger partial charge in [0.25, 0.3) is 5.91 Å². The van der Waals surface area contributed by atoms with Crippen molar-refractivity contribution in [1.82, 2.24) is 5.32 Å². The molecule has 7 heteroatoms. The second kappa shape index (κ2) is 11.4. The maximum absolute atomic E-state index is 12.1. The van der Waals surface area contributed by atoms with E-state index < -0.39 is 5.97 Å². The van der Waals surface area contributed by atoms with Gasteiger partial charge in [-0.05, 0) is 61.2 Å². The quantitative estimate of drug-likeness (QED) is 0.489. The minimum absolute atomic E-state index is 0.0952. The zero-order valence-electron chi connectivity index (χ0n) is 18.1. The van der Waals surface area contributed by atoms with Gasteiger partial charge in [0.05, 0.1) is 13.2 Å². The van der Waals surface area contributed by atoms with Gasteiger partial charge >= 0.3 is 5.97 Å². The number of nitrogens with one attached hydrogen (secondary N) is 1. The van der Waals surface area contributed by atoms with E-state index in [1.165, 1.54) is 24.8 Å². The van der Waals surface area contributed by atoms with Crippen LogP contribution in [0.3, 0.4) is 0 Å². The van der Waals surface area contributed by atoms with E-state index in [-0.39, 0.29) is 25.2 Å². The van der Waals surface area contributed by atoms with Gasteiger partial charge < -0.3 is 19.5 Å². The number of carbonyl (C=O) groups is 2. The molecule has 0 spiro atoms. The Hall–Kier alpha value is -3.79. The van der Waals surface area contributed by atoms with Gasteiger partial charge in [-0.2, -0.15) is 5.26 Å². The number of hydrogen-bond acceptors (Lipinski definition) is 6. The molecule has 2 aromatic carbocycles. The van der Waals surface area contributed by atoms with Crippen LogP contribution in [0, 0.1) is 25.2 Å². The molecule has 162 valence electrons. The first-order valence-corrected chi connectivity index (χ1v) is 9.73. The third-order valence-electron chi connectivity index (χ3n) is 4.65. The molecule has 7 nitrogen and oxygen atoms in total. The summed E-state index contributed by atoms with van der Waals surface area (Å²) in [4.78, 5) is 24.0. The van der Waals surface area contributed by atoms with Crippen molar-refractivity contribution in [3.05, 3.63) is 64.7 Å². The molecule has 0 saturated carbocycles. The van der Waals surface area contributed by atoms with Crippen LogP contribution in [-0.4, -0.2) is 32.2 Å². The second-order valence-corrected chi connectivity index (χ2v) is 6.93. The van der Waals surface area contributed by atoms with Crippen LogP contribution in [0.25, 0.3) is 6.08 Å². The lowest BCUT2D eigenvalue weighted by molar-refractivity contribution is -0.144. The predicted molar refractivity (Wildman–Crippen MR) is 117 cm³/mol. The van der Waals surface area contributed by atoms with Crippen LogP contribution in [0.1, 0.15) is 35.2 Å². The van der Waals surface area contributed by atoms with Crippen LogP contribution in [0.2, 0.25) is 0 Å². The molecule has 31 heavy (non-hydrogen) atoms. The number of esters is 1. The number of aryl methyl sites for hydroxylation is 2. The maximum atomic E-state index is 12.1. The predicted octanol–water partition coefficient (Wildman–Crippen LogP) is 3.65. The summed E-state index contributed by atoms with van der Waals surface area (Å²) in [5, 5.41) is 11.4. The number of rotatable bonds is 9. The summed E-state index contributed by atoms with van der Waals surface area (Å²) in [6.07, 6.45) is 2.76. The first-order chi connectivity index (χ1) is 14.8. The van der Waals surface area contributed by atoms with Gasteiger partial charge in [0, 0.05) is 6.08 Å². The molecule has 2 rings (SSSR count). The van der Waals surface area contributed by atoms with Crippen molar-refractivity contribution in [3.63, 3.8) is 0 Å². The highest BCUT2D eigenvalue weighted by Crippen LogP contribution is 2.28. The average Bonchev–Trinajstić information content (AvgIpc) is 2.76. The van der Waals surface area contributed by atoms with Crippen molar-refractivity contribution >= 4 is 18.0 Å². The molecule has 0 bridgehead atoms. The van der Waals surface area contributed by atoms with Crippen LogP contribution in [0.5, 0.6) is 11.5 Å². The summed E-state index contributed by atoms with van der Waals surface area (Å²) < 4.78 is 15.5. The molecule has 0 aliphatic carbocycles. The second-order valence-electron chi connectivity index (χ2n) is 6.93. The third-order valence-corrected chi connectivity index (χ3v) is 4.65. The largest absolute Gasteiger partial charge is 0.493 e. The number of carbonyl (C=O) groups excluding carboxylic acids is 2. The summed E-state index contributed by atoms with van der Waals surface area (Å²) in [5.74, 6) is -0.158. The molecule has 2 aromatic rings. The molecule has 0 heterocycles. The van der Waals surface area contributed by atoms with Crippen molar-refractivity contribution in [3.8, 4) is 17.6 Å². The number of hydrogen-bond donors (Lipinski definition) is 1. The molecule has 0 saturated heterocycles. The SMILES string of the molecule is COc1cc(/C=C/C(=O)OCC(=O)N[C@@H](C)c2ccc(C)c(C)c2)ccc1OCC#N. The van der Waals surface area contributed by atoms with Crippen LogP contribution in [-0.2, 0) is 14.3 Å². The first-order valence-electron chi connectivity index (χ1n) is 9.73. The van der Waals surface area contributed by atoms with Gasteiger partial charge in [-0.15, -0.1) is 0 Å². The molecule has 0 aliphatic rings. The van der Waals surface area contributed by atoms with Gasteiger partial charge in [0.15, 0.2) is 24.7 Å². The Bertz CT molecular complexity index is 1010. The summed E-state index contributed by atoms with van der Waals surface area (Å²) >= 11 is 0. The Kier molecular flexibility index (Phi) is 8.64. The zero-order valence-corrected chi connectivity index (χ0v) is 18.1. The van der Waals surface area contributed by atoms with Crippen molar-refractivity contribution < 1.29 is 23.8 Å². The van der Waals surface area contributed by atoms with Crippen molar-refractivity contribution in [2.24, 2.45) is 0 Å². The monoisotopic (exact) mass is 422 g/mol.